The van der Waals surface area contributed by atoms with Crippen LogP contribution in [0.25, 0.3) is 5.57 Å². The molecule has 0 bridgehead atoms. The first-order valence-electron chi connectivity index (χ1n) is 9.60. The summed E-state index contributed by atoms with van der Waals surface area (Å²) in [4.78, 5) is 35.0. The number of carboxylic acids is 2. The van der Waals surface area contributed by atoms with Gasteiger partial charge in [0.15, 0.2) is 5.78 Å². The summed E-state index contributed by atoms with van der Waals surface area (Å²) in [5, 5.41) is 17.7. The van der Waals surface area contributed by atoms with Gasteiger partial charge in [0, 0.05) is 37.2 Å². The average molecular weight is 426 g/mol. The van der Waals surface area contributed by atoms with Crippen LogP contribution in [-0.2, 0) is 16.0 Å². The van der Waals surface area contributed by atoms with E-state index in [0.29, 0.717) is 18.6 Å². The molecule has 1 aromatic heterocycles. The number of piperidine rings is 1. The smallest absolute Gasteiger partial charge is 0.328 e. The number of rotatable bonds is 2. The lowest BCUT2D eigenvalue weighted by atomic mass is 9.88. The Labute approximate surface area is 178 Å². The van der Waals surface area contributed by atoms with Crippen LogP contribution < -0.4 is 0 Å². The minimum atomic E-state index is -1.26. The molecule has 0 radical (unpaired) electrons. The van der Waals surface area contributed by atoms with Gasteiger partial charge < -0.3 is 15.1 Å². The number of nitrogens with zero attached hydrogens (tertiary/aromatic N) is 1. The van der Waals surface area contributed by atoms with Crippen molar-refractivity contribution in [3.05, 3.63) is 75.0 Å². The molecule has 2 N–H and O–H groups in total. The first kappa shape index (κ1) is 21.7. The van der Waals surface area contributed by atoms with Gasteiger partial charge in [0.25, 0.3) is 0 Å². The number of carbonyl (C=O) groups is 3. The van der Waals surface area contributed by atoms with Gasteiger partial charge in [-0.15, -0.1) is 11.3 Å². The monoisotopic (exact) mass is 425 g/mol. The number of aliphatic carboxylic acids is 2. The fourth-order valence-electron chi connectivity index (χ4n) is 3.70. The third-order valence-electron chi connectivity index (χ3n) is 5.14. The first-order valence-corrected chi connectivity index (χ1v) is 10.5. The van der Waals surface area contributed by atoms with Crippen molar-refractivity contribution in [1.82, 2.24) is 4.90 Å². The highest BCUT2D eigenvalue weighted by atomic mass is 32.1. The topological polar surface area (TPSA) is 94.9 Å². The predicted octanol–water partition coefficient (Wildman–Crippen LogP) is 3.73. The van der Waals surface area contributed by atoms with E-state index >= 15 is 0 Å². The summed E-state index contributed by atoms with van der Waals surface area (Å²) in [7, 11) is 2.18. The summed E-state index contributed by atoms with van der Waals surface area (Å²) in [5.41, 5.74) is 6.47. The lowest BCUT2D eigenvalue weighted by Crippen LogP contribution is -2.27. The van der Waals surface area contributed by atoms with Gasteiger partial charge in [-0.1, -0.05) is 29.8 Å². The second kappa shape index (κ2) is 9.65. The van der Waals surface area contributed by atoms with E-state index in [0.717, 1.165) is 30.8 Å². The number of carbonyl (C=O) groups excluding carboxylic acids is 1. The number of benzene rings is 1. The first-order chi connectivity index (χ1) is 14.4. The SMILES string of the molecule is CN1CCC(=C2c3ccccc3CC(=O)c3sccc32)CC1.O=C(O)C=CC(=O)O. The molecule has 7 heteroatoms. The molecule has 6 nitrogen and oxygen atoms in total. The summed E-state index contributed by atoms with van der Waals surface area (Å²) in [6.07, 6.45) is 3.85. The number of hydrogen-bond donors (Lipinski definition) is 2. The molecule has 1 aliphatic heterocycles. The van der Waals surface area contributed by atoms with Crippen LogP contribution in [0.4, 0.5) is 0 Å². The highest BCUT2D eigenvalue weighted by molar-refractivity contribution is 7.12. The van der Waals surface area contributed by atoms with Crippen LogP contribution in [0.1, 0.15) is 39.2 Å². The van der Waals surface area contributed by atoms with Gasteiger partial charge in [-0.05, 0) is 48.0 Å². The van der Waals surface area contributed by atoms with Crippen molar-refractivity contribution in [3.8, 4) is 0 Å². The number of ketones is 1. The van der Waals surface area contributed by atoms with Crippen LogP contribution in [0, 0.1) is 0 Å². The molecule has 0 spiro atoms. The second-order valence-electron chi connectivity index (χ2n) is 7.21. The zero-order valence-electron chi connectivity index (χ0n) is 16.6. The van der Waals surface area contributed by atoms with Crippen LogP contribution in [-0.4, -0.2) is 53.0 Å². The largest absolute Gasteiger partial charge is 0.478 e. The van der Waals surface area contributed by atoms with Crippen LogP contribution in [0.2, 0.25) is 0 Å². The molecule has 4 rings (SSSR count). The van der Waals surface area contributed by atoms with Gasteiger partial charge >= 0.3 is 11.9 Å². The zero-order chi connectivity index (χ0) is 21.7. The molecule has 1 aliphatic carbocycles. The standard InChI is InChI=1S/C19H19NOS.C4H4O4/c1-20-9-6-13(7-10-20)18-15-5-3-2-4-14(15)12-17(21)19-16(18)8-11-22-19;5-3(6)1-2-4(7)8/h2-5,8,11H,6-7,9-10,12H2,1H3;1-2H,(H,5,6)(H,7,8). The van der Waals surface area contributed by atoms with Gasteiger partial charge in [-0.3, -0.25) is 4.79 Å². The number of fused-ring (bicyclic) bond motifs is 2. The Morgan fingerprint density at radius 1 is 1.00 bits per heavy atom. The summed E-state index contributed by atoms with van der Waals surface area (Å²) in [5.74, 6) is -2.25. The molecule has 0 amide bonds. The van der Waals surface area contributed by atoms with Gasteiger partial charge in [0.05, 0.1) is 4.88 Å². The molecular weight excluding hydrogens is 402 g/mol. The minimum absolute atomic E-state index is 0.265. The summed E-state index contributed by atoms with van der Waals surface area (Å²) in [6.45, 7) is 2.21. The van der Waals surface area contributed by atoms with Gasteiger partial charge in [0.1, 0.15) is 0 Å². The molecule has 1 saturated heterocycles. The van der Waals surface area contributed by atoms with E-state index in [9.17, 15) is 14.4 Å². The van der Waals surface area contributed by atoms with E-state index in [1.54, 1.807) is 11.3 Å². The maximum atomic E-state index is 12.6. The molecule has 0 unspecified atom stereocenters. The highest BCUT2D eigenvalue weighted by Crippen LogP contribution is 2.40. The van der Waals surface area contributed by atoms with E-state index in [1.165, 1.54) is 27.8 Å². The summed E-state index contributed by atoms with van der Waals surface area (Å²) < 4.78 is 0. The second-order valence-corrected chi connectivity index (χ2v) is 8.13. The normalized spacial score (nSPS) is 16.4. The van der Waals surface area contributed by atoms with Crippen molar-refractivity contribution in [2.75, 3.05) is 20.1 Å². The Hall–Kier alpha value is -3.03. The lowest BCUT2D eigenvalue weighted by Gasteiger charge is -2.27. The Morgan fingerprint density at radius 2 is 1.63 bits per heavy atom. The van der Waals surface area contributed by atoms with Crippen molar-refractivity contribution in [2.45, 2.75) is 19.3 Å². The molecule has 0 saturated carbocycles. The Balaban J connectivity index is 0.000000275. The van der Waals surface area contributed by atoms with Crippen LogP contribution in [0.15, 0.2) is 53.4 Å². The molecule has 2 heterocycles. The van der Waals surface area contributed by atoms with E-state index in [1.807, 2.05) is 6.07 Å². The van der Waals surface area contributed by atoms with Crippen LogP contribution in [0.5, 0.6) is 0 Å². The van der Waals surface area contributed by atoms with E-state index in [-0.39, 0.29) is 5.78 Å². The van der Waals surface area contributed by atoms with Crippen molar-refractivity contribution in [1.29, 1.82) is 0 Å². The Bertz CT molecular complexity index is 1010. The molecule has 156 valence electrons. The van der Waals surface area contributed by atoms with Gasteiger partial charge in [0.2, 0.25) is 0 Å². The lowest BCUT2D eigenvalue weighted by molar-refractivity contribution is -0.134. The number of hydrogen-bond acceptors (Lipinski definition) is 5. The molecule has 2 aliphatic rings. The molecule has 2 aromatic rings. The molecule has 1 aromatic carbocycles. The molecule has 1 fully saturated rings. The average Bonchev–Trinajstić information content (AvgIpc) is 3.15. The molecule has 0 atom stereocenters. The van der Waals surface area contributed by atoms with Crippen LogP contribution >= 0.6 is 11.3 Å². The number of thiophene rings is 1. The quantitative estimate of drug-likeness (QED) is 0.712. The van der Waals surface area contributed by atoms with E-state index < -0.39 is 11.9 Å². The summed E-state index contributed by atoms with van der Waals surface area (Å²) >= 11 is 1.59. The third kappa shape index (κ3) is 5.11. The fourth-order valence-corrected chi connectivity index (χ4v) is 4.54. The van der Waals surface area contributed by atoms with Gasteiger partial charge in [-0.2, -0.15) is 0 Å². The minimum Gasteiger partial charge on any atom is -0.478 e. The maximum Gasteiger partial charge on any atom is 0.328 e. The summed E-state index contributed by atoms with van der Waals surface area (Å²) in [6, 6.07) is 10.6. The van der Waals surface area contributed by atoms with Crippen molar-refractivity contribution >= 4 is 34.6 Å². The van der Waals surface area contributed by atoms with Crippen molar-refractivity contribution < 1.29 is 24.6 Å². The van der Waals surface area contributed by atoms with E-state index in [4.69, 9.17) is 10.2 Å². The predicted molar refractivity (Wildman–Crippen MR) is 116 cm³/mol. The maximum absolute atomic E-state index is 12.6. The zero-order valence-corrected chi connectivity index (χ0v) is 17.4. The van der Waals surface area contributed by atoms with Gasteiger partial charge in [-0.25, -0.2) is 9.59 Å². The number of carboxylic acid groups (broad SMARTS) is 2. The number of Topliss-reactive ketones (excluding diaryl/α,β-unsaturated/α-hetero) is 1. The Morgan fingerprint density at radius 3 is 2.27 bits per heavy atom. The van der Waals surface area contributed by atoms with Crippen molar-refractivity contribution in [2.24, 2.45) is 0 Å². The van der Waals surface area contributed by atoms with E-state index in [2.05, 4.69) is 41.6 Å². The highest BCUT2D eigenvalue weighted by Gasteiger charge is 2.27. The molecule has 30 heavy (non-hydrogen) atoms. The van der Waals surface area contributed by atoms with Crippen LogP contribution in [0.3, 0.4) is 0 Å². The van der Waals surface area contributed by atoms with Crippen molar-refractivity contribution in [3.63, 3.8) is 0 Å². The molecular formula is C23H23NO5S. The Kier molecular flexibility index (Phi) is 6.97. The fraction of sp³-hybridized carbons (Fsp3) is 0.261. The number of likely N-dealkylation sites (tertiary alicyclic amines) is 1. The third-order valence-corrected chi connectivity index (χ3v) is 6.09.